The van der Waals surface area contributed by atoms with Crippen LogP contribution >= 0.6 is 23.2 Å². The van der Waals surface area contributed by atoms with E-state index >= 15 is 0 Å². The summed E-state index contributed by atoms with van der Waals surface area (Å²) >= 11 is 12.8. The number of nitrogens with zero attached hydrogens (tertiary/aromatic N) is 4. The Morgan fingerprint density at radius 2 is 1.47 bits per heavy atom. The van der Waals surface area contributed by atoms with Crippen LogP contribution in [0, 0.1) is 54.4 Å². The number of aliphatic hydroxyl groups is 1. The maximum atomic E-state index is 11.8. The zero-order chi connectivity index (χ0) is 54.1. The molecule has 6 aromatic rings. The van der Waals surface area contributed by atoms with Crippen molar-refractivity contribution < 1.29 is 24.2 Å². The number of aldehydes is 1. The number of nitrogens with one attached hydrogen (secondary N) is 2. The molecule has 3 aromatic heterocycles. The Bertz CT molecular complexity index is 2470. The summed E-state index contributed by atoms with van der Waals surface area (Å²) in [6, 6.07) is 17.8. The van der Waals surface area contributed by atoms with Crippen molar-refractivity contribution >= 4 is 53.1 Å². The molecule has 1 amide bonds. The molecule has 6 rings (SSSR count). The number of carbonyl (C=O) groups is 3. The number of ether oxygens (including phenoxy) is 1. The van der Waals surface area contributed by atoms with Crippen LogP contribution in [-0.4, -0.2) is 77.8 Å². The predicted molar refractivity (Wildman–Crippen MR) is 297 cm³/mol. The first kappa shape index (κ1) is 66.3. The van der Waals surface area contributed by atoms with Gasteiger partial charge in [-0.05, 0) is 158 Å². The molecule has 0 atom stereocenters. The number of halogens is 2. The summed E-state index contributed by atoms with van der Waals surface area (Å²) in [6.07, 6.45) is 15.6. The normalized spacial score (nSPS) is 9.61. The van der Waals surface area contributed by atoms with Gasteiger partial charge in [0.25, 0.3) is 5.91 Å². The Morgan fingerprint density at radius 1 is 0.857 bits per heavy atom. The van der Waals surface area contributed by atoms with Crippen LogP contribution in [0.3, 0.4) is 0 Å². The number of hydrogen-bond acceptors (Lipinski definition) is 8. The molecule has 3 heterocycles. The fraction of sp³-hybridized carbons (Fsp3) is 0.421. The molecule has 0 spiro atoms. The van der Waals surface area contributed by atoms with Gasteiger partial charge in [0.05, 0.1) is 35.8 Å². The monoisotopic (exact) mass is 1000 g/mol. The Morgan fingerprint density at radius 3 is 1.97 bits per heavy atom. The van der Waals surface area contributed by atoms with Crippen LogP contribution in [0.5, 0.6) is 5.75 Å². The van der Waals surface area contributed by atoms with Crippen LogP contribution < -0.4 is 15.4 Å². The van der Waals surface area contributed by atoms with Crippen molar-refractivity contribution in [3.05, 3.63) is 133 Å². The number of benzene rings is 3. The van der Waals surface area contributed by atoms with Crippen LogP contribution in [0.1, 0.15) is 132 Å². The summed E-state index contributed by atoms with van der Waals surface area (Å²) in [5.41, 5.74) is 14.4. The Kier molecular flexibility index (Phi) is 35.2. The first-order valence-electron chi connectivity index (χ1n) is 23.8. The molecule has 0 aliphatic carbocycles. The molecule has 0 saturated carbocycles. The van der Waals surface area contributed by atoms with Crippen LogP contribution in [0.15, 0.2) is 60.8 Å². The topological polar surface area (TPSA) is 140 Å². The number of amides is 1. The molecule has 0 unspecified atom stereocenters. The van der Waals surface area contributed by atoms with Gasteiger partial charge in [-0.25, -0.2) is 0 Å². The molecule has 0 saturated heterocycles. The van der Waals surface area contributed by atoms with Gasteiger partial charge >= 0.3 is 0 Å². The number of terminal acetylenes is 1. The first-order valence-corrected chi connectivity index (χ1v) is 24.6. The molecule has 0 fully saturated rings. The van der Waals surface area contributed by atoms with Gasteiger partial charge in [-0.2, -0.15) is 5.10 Å². The quantitative estimate of drug-likeness (QED) is 0.0557. The van der Waals surface area contributed by atoms with Crippen LogP contribution in [0.4, 0.5) is 0 Å². The van der Waals surface area contributed by atoms with Crippen LogP contribution in [0.25, 0.3) is 22.0 Å². The molecule has 0 radical (unpaired) electrons. The summed E-state index contributed by atoms with van der Waals surface area (Å²) in [7, 11) is 6.54. The number of hydrogen-bond donors (Lipinski definition) is 3. The van der Waals surface area contributed by atoms with Crippen molar-refractivity contribution in [2.75, 3.05) is 34.4 Å². The molecule has 70 heavy (non-hydrogen) atoms. The second kappa shape index (κ2) is 37.1. The highest BCUT2D eigenvalue weighted by molar-refractivity contribution is 6.33. The van der Waals surface area contributed by atoms with E-state index in [0.717, 1.165) is 112 Å². The Hall–Kier alpha value is -5.77. The van der Waals surface area contributed by atoms with E-state index in [1.165, 1.54) is 28.7 Å². The number of fused-ring (bicyclic) bond motifs is 1. The minimum absolute atomic E-state index is 0.151. The molecule has 3 N–H and O–H groups in total. The van der Waals surface area contributed by atoms with E-state index < -0.39 is 0 Å². The third-order valence-corrected chi connectivity index (χ3v) is 11.6. The molecule has 0 aliphatic rings. The highest BCUT2D eigenvalue weighted by Crippen LogP contribution is 2.37. The number of rotatable bonds is 14. The van der Waals surface area contributed by atoms with Crippen molar-refractivity contribution in [1.29, 1.82) is 0 Å². The zero-order valence-corrected chi connectivity index (χ0v) is 46.5. The smallest absolute Gasteiger partial charge is 0.251 e. The lowest BCUT2D eigenvalue weighted by Gasteiger charge is -2.15. The van der Waals surface area contributed by atoms with Gasteiger partial charge in [0.15, 0.2) is 6.29 Å². The van der Waals surface area contributed by atoms with E-state index in [4.69, 9.17) is 37.8 Å². The lowest BCUT2D eigenvalue weighted by molar-refractivity contribution is -0.0980. The van der Waals surface area contributed by atoms with Crippen LogP contribution in [-0.2, 0) is 31.2 Å². The average Bonchev–Trinajstić information content (AvgIpc) is 3.86. The van der Waals surface area contributed by atoms with E-state index in [1.54, 1.807) is 25.4 Å². The SMILES string of the molecule is C#C.C=O.CC.CC.CCCNC.CCc1cc(C)cc2cc(C=O)n(Cc3cc(C(=O)NC)ccn3)c12.CO.Cc1cc(OCCCCc2ccc(Cl)c(-c3c(C)nn(C)c3C)c2C)cc(C)c1Cl. The highest BCUT2D eigenvalue weighted by atomic mass is 35.5. The molecule has 0 aliphatic heterocycles. The average molecular weight is 1000 g/mol. The highest BCUT2D eigenvalue weighted by Gasteiger charge is 2.19. The predicted octanol–water partition coefficient (Wildman–Crippen LogP) is 12.8. The summed E-state index contributed by atoms with van der Waals surface area (Å²) in [6.45, 7) is 28.9. The fourth-order valence-electron chi connectivity index (χ4n) is 7.52. The molecule has 0 bridgehead atoms. The lowest BCUT2D eigenvalue weighted by atomic mass is 9.93. The van der Waals surface area contributed by atoms with Crippen molar-refractivity contribution in [3.63, 3.8) is 0 Å². The van der Waals surface area contributed by atoms with Gasteiger partial charge < -0.3 is 29.8 Å². The Balaban J connectivity index is 0. The minimum atomic E-state index is -0.151. The minimum Gasteiger partial charge on any atom is -0.494 e. The number of aliphatic hydroxyl groups excluding tert-OH is 1. The lowest BCUT2D eigenvalue weighted by Crippen LogP contribution is -2.18. The van der Waals surface area contributed by atoms with Crippen molar-refractivity contribution in [2.45, 2.75) is 122 Å². The van der Waals surface area contributed by atoms with Gasteiger partial charge in [-0.3, -0.25) is 19.3 Å². The third kappa shape index (κ3) is 19.6. The number of carbonyl (C=O) groups excluding carboxylic acids is 3. The first-order chi connectivity index (χ1) is 33.7. The maximum Gasteiger partial charge on any atom is 0.251 e. The number of aromatic nitrogens is 4. The second-order valence-electron chi connectivity index (χ2n) is 15.3. The number of unbranched alkanes of at least 4 members (excludes halogenated alkanes) is 1. The van der Waals surface area contributed by atoms with E-state index in [1.807, 2.05) is 103 Å². The van der Waals surface area contributed by atoms with Gasteiger partial charge in [0.1, 0.15) is 12.5 Å². The van der Waals surface area contributed by atoms with E-state index in [-0.39, 0.29) is 5.91 Å². The number of pyridine rings is 1. The fourth-order valence-corrected chi connectivity index (χ4v) is 7.93. The molecule has 3 aromatic carbocycles. The zero-order valence-electron chi connectivity index (χ0n) is 45.0. The summed E-state index contributed by atoms with van der Waals surface area (Å²) in [5, 5.41) is 19.9. The van der Waals surface area contributed by atoms with E-state index in [0.29, 0.717) is 24.4 Å². The third-order valence-electron chi connectivity index (χ3n) is 10.7. The maximum absolute atomic E-state index is 11.8. The molecule has 13 heteroatoms. The molecule has 11 nitrogen and oxygen atoms in total. The van der Waals surface area contributed by atoms with Crippen LogP contribution in [0.2, 0.25) is 10.0 Å². The summed E-state index contributed by atoms with van der Waals surface area (Å²) < 4.78 is 9.85. The van der Waals surface area contributed by atoms with Crippen molar-refractivity contribution in [2.24, 2.45) is 7.05 Å². The van der Waals surface area contributed by atoms with Crippen molar-refractivity contribution in [1.82, 2.24) is 30.0 Å². The molecule has 384 valence electrons. The van der Waals surface area contributed by atoms with Gasteiger partial charge in [0, 0.05) is 65.2 Å². The van der Waals surface area contributed by atoms with Crippen molar-refractivity contribution in [3.8, 4) is 29.7 Å². The van der Waals surface area contributed by atoms with Gasteiger partial charge in [-0.15, -0.1) is 12.8 Å². The van der Waals surface area contributed by atoms with E-state index in [2.05, 4.69) is 86.4 Å². The second-order valence-corrected chi connectivity index (χ2v) is 16.0. The molecular weight excluding hydrogens is 920 g/mol. The summed E-state index contributed by atoms with van der Waals surface area (Å²) in [4.78, 5) is 35.8. The van der Waals surface area contributed by atoms with Gasteiger partial charge in [0.2, 0.25) is 0 Å². The largest absolute Gasteiger partial charge is 0.494 e. The molecular formula is C57H82Cl2N6O5. The van der Waals surface area contributed by atoms with Gasteiger partial charge in [-0.1, -0.05) is 82.4 Å². The summed E-state index contributed by atoms with van der Waals surface area (Å²) in [5.74, 6) is 0.739. The standard InChI is InChI=1S/C25H30Cl2N2O.C20H21N3O2.C4H11N.2C2H6.C2H2.CH4O.CH2O/c1-15-13-21(14-16(2)25(15)27)30-12-8-7-9-20-10-11-22(26)23(17(20)3)24-18(4)28-29(6)19(24)5;1-4-14-7-13(2)8-16-10-18(12-24)23(19(14)16)11-17-9-15(5-6-22-17)20(25)21-3;1-3-4-5-2;5*1-2/h10-11,13-14H,7-9,12H2,1-6H3;5-10,12H,4,11H2,1-3H3,(H,21,25);5H,3-4H2,1-2H3;2*1-2H3;1-2H;2H,1H3;1H2. The number of aryl methyl sites for hydroxylation is 7. The Labute approximate surface area is 430 Å². The van der Waals surface area contributed by atoms with E-state index in [9.17, 15) is 9.59 Å².